The van der Waals surface area contributed by atoms with E-state index < -0.39 is 0 Å². The van der Waals surface area contributed by atoms with Crippen LogP contribution in [0.5, 0.6) is 5.75 Å². The zero-order chi connectivity index (χ0) is 14.7. The maximum Gasteiger partial charge on any atom is 0.123 e. The molecule has 2 unspecified atom stereocenters. The van der Waals surface area contributed by atoms with Gasteiger partial charge in [0.2, 0.25) is 0 Å². The average Bonchev–Trinajstić information content (AvgIpc) is 2.46. The first-order valence-electron chi connectivity index (χ1n) is 7.67. The number of hydrogen-bond donors (Lipinski definition) is 1. The molecule has 0 aromatic heterocycles. The van der Waals surface area contributed by atoms with Gasteiger partial charge in [-0.3, -0.25) is 4.90 Å². The largest absolute Gasteiger partial charge is 0.496 e. The van der Waals surface area contributed by atoms with E-state index in [4.69, 9.17) is 10.5 Å². The number of aryl methyl sites for hydroxylation is 1. The van der Waals surface area contributed by atoms with Crippen molar-refractivity contribution >= 4 is 0 Å². The van der Waals surface area contributed by atoms with Crippen molar-refractivity contribution < 1.29 is 4.74 Å². The van der Waals surface area contributed by atoms with Crippen molar-refractivity contribution in [2.24, 2.45) is 11.7 Å². The highest BCUT2D eigenvalue weighted by atomic mass is 16.5. The summed E-state index contributed by atoms with van der Waals surface area (Å²) >= 11 is 0. The molecule has 1 saturated heterocycles. The summed E-state index contributed by atoms with van der Waals surface area (Å²) in [5, 5.41) is 0. The van der Waals surface area contributed by atoms with Crippen LogP contribution in [0.3, 0.4) is 0 Å². The van der Waals surface area contributed by atoms with Gasteiger partial charge in [0, 0.05) is 17.6 Å². The Labute approximate surface area is 123 Å². The predicted octanol–water partition coefficient (Wildman–Crippen LogP) is 3.12. The molecule has 0 bridgehead atoms. The zero-order valence-electron chi connectivity index (χ0n) is 13.2. The molecule has 1 aromatic rings. The van der Waals surface area contributed by atoms with Crippen molar-refractivity contribution in [3.8, 4) is 5.75 Å². The van der Waals surface area contributed by atoms with E-state index in [0.29, 0.717) is 18.0 Å². The summed E-state index contributed by atoms with van der Waals surface area (Å²) in [5.41, 5.74) is 8.61. The lowest BCUT2D eigenvalue weighted by molar-refractivity contribution is 0.131. The quantitative estimate of drug-likeness (QED) is 0.918. The molecule has 2 atom stereocenters. The van der Waals surface area contributed by atoms with Crippen molar-refractivity contribution in [1.29, 1.82) is 0 Å². The second-order valence-corrected chi connectivity index (χ2v) is 6.15. The summed E-state index contributed by atoms with van der Waals surface area (Å²) in [6.07, 6.45) is 2.41. The number of nitrogens with zero attached hydrogens (tertiary/aromatic N) is 1. The molecular formula is C17H28N2O. The van der Waals surface area contributed by atoms with E-state index in [0.717, 1.165) is 18.8 Å². The molecule has 2 N–H and O–H groups in total. The highest BCUT2D eigenvalue weighted by molar-refractivity contribution is 5.39. The minimum atomic E-state index is 0.320. The molecule has 1 aliphatic heterocycles. The first kappa shape index (κ1) is 15.3. The van der Waals surface area contributed by atoms with Crippen LogP contribution in [-0.4, -0.2) is 31.1 Å². The minimum Gasteiger partial charge on any atom is -0.496 e. The molecule has 0 amide bonds. The number of hydrogen-bond acceptors (Lipinski definition) is 3. The summed E-state index contributed by atoms with van der Waals surface area (Å²) < 4.78 is 5.52. The molecular weight excluding hydrogens is 248 g/mol. The fraction of sp³-hybridized carbons (Fsp3) is 0.647. The van der Waals surface area contributed by atoms with Crippen LogP contribution in [-0.2, 0) is 0 Å². The molecule has 1 heterocycles. The molecule has 1 aromatic carbocycles. The minimum absolute atomic E-state index is 0.320. The Morgan fingerprint density at radius 3 is 2.45 bits per heavy atom. The molecule has 1 fully saturated rings. The standard InChI is InChI=1S/C17H28N2O/c1-12-5-6-17(20-4)16(11-12)14(3)19-9-7-15(8-10-19)13(2)18/h5-6,11,13-15H,7-10,18H2,1-4H3. The molecule has 1 aliphatic rings. The van der Waals surface area contributed by atoms with Gasteiger partial charge in [-0.15, -0.1) is 0 Å². The third-order valence-electron chi connectivity index (χ3n) is 4.70. The van der Waals surface area contributed by atoms with Crippen LogP contribution in [0.2, 0.25) is 0 Å². The highest BCUT2D eigenvalue weighted by Crippen LogP contribution is 2.33. The Morgan fingerprint density at radius 2 is 1.90 bits per heavy atom. The van der Waals surface area contributed by atoms with Gasteiger partial charge in [-0.1, -0.05) is 17.7 Å². The Kier molecular flexibility index (Phi) is 5.06. The van der Waals surface area contributed by atoms with Crippen molar-refractivity contribution in [3.05, 3.63) is 29.3 Å². The number of rotatable bonds is 4. The van der Waals surface area contributed by atoms with E-state index in [1.54, 1.807) is 7.11 Å². The predicted molar refractivity (Wildman–Crippen MR) is 84.1 cm³/mol. The number of piperidine rings is 1. The number of nitrogens with two attached hydrogens (primary N) is 1. The topological polar surface area (TPSA) is 38.5 Å². The van der Waals surface area contributed by atoms with Crippen LogP contribution < -0.4 is 10.5 Å². The Hall–Kier alpha value is -1.06. The van der Waals surface area contributed by atoms with Gasteiger partial charge in [0.15, 0.2) is 0 Å². The fourth-order valence-corrected chi connectivity index (χ4v) is 3.21. The lowest BCUT2D eigenvalue weighted by Gasteiger charge is -2.37. The Bertz CT molecular complexity index is 437. The van der Waals surface area contributed by atoms with E-state index in [2.05, 4.69) is 43.9 Å². The van der Waals surface area contributed by atoms with Gasteiger partial charge in [-0.05, 0) is 58.7 Å². The second-order valence-electron chi connectivity index (χ2n) is 6.15. The fourth-order valence-electron chi connectivity index (χ4n) is 3.21. The zero-order valence-corrected chi connectivity index (χ0v) is 13.2. The van der Waals surface area contributed by atoms with E-state index >= 15 is 0 Å². The summed E-state index contributed by atoms with van der Waals surface area (Å²) in [5.74, 6) is 1.68. The molecule has 20 heavy (non-hydrogen) atoms. The van der Waals surface area contributed by atoms with Gasteiger partial charge in [0.05, 0.1) is 7.11 Å². The van der Waals surface area contributed by atoms with E-state index in [-0.39, 0.29) is 0 Å². The Morgan fingerprint density at radius 1 is 1.25 bits per heavy atom. The van der Waals surface area contributed by atoms with Gasteiger partial charge < -0.3 is 10.5 Å². The lowest BCUT2D eigenvalue weighted by atomic mass is 9.89. The van der Waals surface area contributed by atoms with E-state index in [1.165, 1.54) is 24.0 Å². The summed E-state index contributed by atoms with van der Waals surface area (Å²) in [6.45, 7) is 8.81. The van der Waals surface area contributed by atoms with Crippen molar-refractivity contribution in [3.63, 3.8) is 0 Å². The molecule has 3 nitrogen and oxygen atoms in total. The van der Waals surface area contributed by atoms with Crippen molar-refractivity contribution in [2.45, 2.75) is 45.7 Å². The third-order valence-corrected chi connectivity index (χ3v) is 4.70. The highest BCUT2D eigenvalue weighted by Gasteiger charge is 2.26. The molecule has 3 heteroatoms. The van der Waals surface area contributed by atoms with Gasteiger partial charge >= 0.3 is 0 Å². The Balaban J connectivity index is 2.09. The maximum atomic E-state index is 6.03. The van der Waals surface area contributed by atoms with Crippen LogP contribution in [0.1, 0.15) is 43.9 Å². The van der Waals surface area contributed by atoms with E-state index in [1.807, 2.05) is 0 Å². The van der Waals surface area contributed by atoms with Gasteiger partial charge in [0.1, 0.15) is 5.75 Å². The molecule has 0 spiro atoms. The molecule has 2 rings (SSSR count). The van der Waals surface area contributed by atoms with Crippen LogP contribution in [0.25, 0.3) is 0 Å². The third kappa shape index (κ3) is 3.33. The average molecular weight is 276 g/mol. The second kappa shape index (κ2) is 6.59. The van der Waals surface area contributed by atoms with Crippen molar-refractivity contribution in [1.82, 2.24) is 4.90 Å². The summed E-state index contributed by atoms with van der Waals surface area (Å²) in [6, 6.07) is 7.16. The molecule has 112 valence electrons. The van der Waals surface area contributed by atoms with Gasteiger partial charge in [-0.25, -0.2) is 0 Å². The number of likely N-dealkylation sites (tertiary alicyclic amines) is 1. The molecule has 0 aliphatic carbocycles. The molecule has 0 radical (unpaired) electrons. The SMILES string of the molecule is COc1ccc(C)cc1C(C)N1CCC(C(C)N)CC1. The van der Waals surface area contributed by atoms with Crippen LogP contribution in [0, 0.1) is 12.8 Å². The van der Waals surface area contributed by atoms with Gasteiger partial charge in [0.25, 0.3) is 0 Å². The monoisotopic (exact) mass is 276 g/mol. The summed E-state index contributed by atoms with van der Waals surface area (Å²) in [4.78, 5) is 2.55. The van der Waals surface area contributed by atoms with E-state index in [9.17, 15) is 0 Å². The lowest BCUT2D eigenvalue weighted by Crippen LogP contribution is -2.40. The first-order valence-corrected chi connectivity index (χ1v) is 7.67. The maximum absolute atomic E-state index is 6.03. The number of benzene rings is 1. The molecule has 0 saturated carbocycles. The first-order chi connectivity index (χ1) is 9.52. The van der Waals surface area contributed by atoms with Crippen LogP contribution >= 0.6 is 0 Å². The van der Waals surface area contributed by atoms with Crippen LogP contribution in [0.15, 0.2) is 18.2 Å². The summed E-state index contributed by atoms with van der Waals surface area (Å²) in [7, 11) is 1.75. The van der Waals surface area contributed by atoms with Crippen molar-refractivity contribution in [2.75, 3.05) is 20.2 Å². The number of methoxy groups -OCH3 is 1. The number of ether oxygens (including phenoxy) is 1. The normalized spacial score (nSPS) is 20.6. The van der Waals surface area contributed by atoms with Gasteiger partial charge in [-0.2, -0.15) is 0 Å². The van der Waals surface area contributed by atoms with Crippen LogP contribution in [0.4, 0.5) is 0 Å². The smallest absolute Gasteiger partial charge is 0.123 e.